The van der Waals surface area contributed by atoms with Crippen LogP contribution in [0, 0.1) is 5.41 Å². The summed E-state index contributed by atoms with van der Waals surface area (Å²) in [6, 6.07) is 0. The normalized spacial score (nSPS) is 38.2. The molecule has 4 heteroatoms. The predicted octanol–water partition coefficient (Wildman–Crippen LogP) is 2.49. The molecule has 1 nitrogen and oxygen atoms in total. The lowest BCUT2D eigenvalue weighted by atomic mass is 10.2. The van der Waals surface area contributed by atoms with Crippen LogP contribution in [-0.4, -0.2) is 9.03 Å². The van der Waals surface area contributed by atoms with Gasteiger partial charge in [0.1, 0.15) is 4.33 Å². The van der Waals surface area contributed by atoms with E-state index in [0.29, 0.717) is 6.42 Å². The molecule has 0 aromatic rings. The zero-order valence-electron chi connectivity index (χ0n) is 4.75. The number of hydrogen-bond acceptors (Lipinski definition) is 1. The van der Waals surface area contributed by atoms with E-state index in [1.165, 1.54) is 0 Å². The van der Waals surface area contributed by atoms with Crippen molar-refractivity contribution in [1.29, 1.82) is 0 Å². The number of carbonyl (C=O) groups excluding carboxylic acids is 1. The third-order valence-electron chi connectivity index (χ3n) is 1.69. The molecule has 1 unspecified atom stereocenters. The quantitative estimate of drug-likeness (QED) is 0.501. The molecule has 0 radical (unpaired) electrons. The first-order valence-electron chi connectivity index (χ1n) is 2.48. The summed E-state index contributed by atoms with van der Waals surface area (Å²) in [5, 5.41) is 0. The van der Waals surface area contributed by atoms with Crippen LogP contribution >= 0.6 is 39.1 Å². The van der Waals surface area contributed by atoms with Gasteiger partial charge >= 0.3 is 0 Å². The van der Waals surface area contributed by atoms with Crippen LogP contribution in [0.15, 0.2) is 0 Å². The second-order valence-corrected chi connectivity index (χ2v) is 4.69. The van der Waals surface area contributed by atoms with Crippen LogP contribution in [0.5, 0.6) is 0 Å². The largest absolute Gasteiger partial charge is 0.286 e. The molecule has 1 atom stereocenters. The Labute approximate surface area is 71.8 Å². The SMILES string of the molecule is CC1(C(=O)Br)CC1(Cl)Cl. The molecule has 0 aromatic heterocycles. The lowest BCUT2D eigenvalue weighted by molar-refractivity contribution is -0.114. The third-order valence-corrected chi connectivity index (χ3v) is 3.67. The molecule has 0 aliphatic heterocycles. The number of halogens is 3. The highest BCUT2D eigenvalue weighted by molar-refractivity contribution is 9.18. The standard InChI is InChI=1S/C5H5BrCl2O/c1-4(3(6)9)2-5(4,7)8/h2H2,1H3. The number of rotatable bonds is 1. The van der Waals surface area contributed by atoms with Gasteiger partial charge in [0, 0.05) is 0 Å². The summed E-state index contributed by atoms with van der Waals surface area (Å²) in [7, 11) is 0. The van der Waals surface area contributed by atoms with E-state index < -0.39 is 9.75 Å². The van der Waals surface area contributed by atoms with E-state index in [2.05, 4.69) is 15.9 Å². The second kappa shape index (κ2) is 1.86. The van der Waals surface area contributed by atoms with Crippen LogP contribution in [0.2, 0.25) is 0 Å². The monoisotopic (exact) mass is 230 g/mol. The minimum absolute atomic E-state index is 0.111. The molecule has 0 saturated heterocycles. The third kappa shape index (κ3) is 1.02. The smallest absolute Gasteiger partial charge is 0.206 e. The van der Waals surface area contributed by atoms with Gasteiger partial charge in [0.2, 0.25) is 4.69 Å². The van der Waals surface area contributed by atoms with Crippen LogP contribution in [0.25, 0.3) is 0 Å². The van der Waals surface area contributed by atoms with Gasteiger partial charge in [-0.3, -0.25) is 4.79 Å². The first-order chi connectivity index (χ1) is 3.90. The zero-order chi connectivity index (χ0) is 7.28. The van der Waals surface area contributed by atoms with E-state index in [1.807, 2.05) is 0 Å². The molecule has 0 N–H and O–H groups in total. The fourth-order valence-electron chi connectivity index (χ4n) is 0.613. The molecule has 1 rings (SSSR count). The maximum absolute atomic E-state index is 10.7. The van der Waals surface area contributed by atoms with Crippen molar-refractivity contribution in [3.8, 4) is 0 Å². The Morgan fingerprint density at radius 3 is 2.00 bits per heavy atom. The Balaban J connectivity index is 2.74. The first kappa shape index (κ1) is 7.83. The van der Waals surface area contributed by atoms with Crippen molar-refractivity contribution in [2.24, 2.45) is 5.41 Å². The molecule has 0 spiro atoms. The van der Waals surface area contributed by atoms with E-state index in [9.17, 15) is 4.79 Å². The van der Waals surface area contributed by atoms with Crippen molar-refractivity contribution in [3.05, 3.63) is 0 Å². The molecular weight excluding hydrogens is 227 g/mol. The summed E-state index contributed by atoms with van der Waals surface area (Å²) in [4.78, 5) is 10.7. The number of hydrogen-bond donors (Lipinski definition) is 0. The zero-order valence-corrected chi connectivity index (χ0v) is 7.85. The summed E-state index contributed by atoms with van der Waals surface area (Å²) in [6.07, 6.45) is 0.549. The van der Waals surface area contributed by atoms with Crippen LogP contribution in [0.3, 0.4) is 0 Å². The average molecular weight is 232 g/mol. The summed E-state index contributed by atoms with van der Waals surface area (Å²) < 4.78 is -0.937. The van der Waals surface area contributed by atoms with Crippen molar-refractivity contribution in [2.75, 3.05) is 0 Å². The molecule has 0 amide bonds. The maximum Gasteiger partial charge on any atom is 0.206 e. The van der Waals surface area contributed by atoms with E-state index in [-0.39, 0.29) is 4.69 Å². The van der Waals surface area contributed by atoms with Gasteiger partial charge in [-0.1, -0.05) is 0 Å². The van der Waals surface area contributed by atoms with Gasteiger partial charge in [-0.2, -0.15) is 0 Å². The molecule has 1 fully saturated rings. The van der Waals surface area contributed by atoms with Gasteiger partial charge in [0.25, 0.3) is 0 Å². The highest BCUT2D eigenvalue weighted by Crippen LogP contribution is 2.64. The van der Waals surface area contributed by atoms with Crippen molar-refractivity contribution < 1.29 is 4.79 Å². The number of carbonyl (C=O) groups is 1. The molecular formula is C5H5BrCl2O. The first-order valence-corrected chi connectivity index (χ1v) is 4.03. The Bertz CT molecular complexity index is 168. The highest BCUT2D eigenvalue weighted by atomic mass is 79.9. The summed E-state index contributed by atoms with van der Waals surface area (Å²) in [5.41, 5.74) is -0.546. The highest BCUT2D eigenvalue weighted by Gasteiger charge is 2.67. The van der Waals surface area contributed by atoms with E-state index >= 15 is 0 Å². The molecule has 52 valence electrons. The molecule has 0 heterocycles. The minimum atomic E-state index is -0.826. The molecule has 1 saturated carbocycles. The molecule has 1 aliphatic rings. The Hall–Kier alpha value is 0.730. The van der Waals surface area contributed by atoms with Gasteiger partial charge < -0.3 is 0 Å². The predicted molar refractivity (Wildman–Crippen MR) is 41.1 cm³/mol. The summed E-state index contributed by atoms with van der Waals surface area (Å²) in [6.45, 7) is 1.74. The lowest BCUT2D eigenvalue weighted by Crippen LogP contribution is -2.11. The molecule has 9 heavy (non-hydrogen) atoms. The van der Waals surface area contributed by atoms with E-state index in [4.69, 9.17) is 23.2 Å². The lowest BCUT2D eigenvalue weighted by Gasteiger charge is -2.02. The van der Waals surface area contributed by atoms with Gasteiger partial charge in [-0.25, -0.2) is 0 Å². The van der Waals surface area contributed by atoms with Gasteiger partial charge in [0.05, 0.1) is 5.41 Å². The van der Waals surface area contributed by atoms with Crippen LogP contribution in [-0.2, 0) is 4.79 Å². The molecule has 0 aromatic carbocycles. The summed E-state index contributed by atoms with van der Waals surface area (Å²) in [5.74, 6) is 0. The van der Waals surface area contributed by atoms with E-state index in [1.54, 1.807) is 6.92 Å². The molecule has 1 aliphatic carbocycles. The second-order valence-electron chi connectivity index (χ2n) is 2.49. The topological polar surface area (TPSA) is 17.1 Å². The Kier molecular flexibility index (Phi) is 1.62. The van der Waals surface area contributed by atoms with Crippen molar-refractivity contribution in [2.45, 2.75) is 17.7 Å². The summed E-state index contributed by atoms with van der Waals surface area (Å²) >= 11 is 14.1. The van der Waals surface area contributed by atoms with Crippen molar-refractivity contribution in [1.82, 2.24) is 0 Å². The van der Waals surface area contributed by atoms with Gasteiger partial charge in [-0.05, 0) is 29.3 Å². The average Bonchev–Trinajstić information content (AvgIpc) is 2.08. The maximum atomic E-state index is 10.7. The Morgan fingerprint density at radius 2 is 2.00 bits per heavy atom. The fourth-order valence-corrected chi connectivity index (χ4v) is 2.03. The van der Waals surface area contributed by atoms with Gasteiger partial charge in [-0.15, -0.1) is 23.2 Å². The molecule has 0 bridgehead atoms. The van der Waals surface area contributed by atoms with Crippen LogP contribution in [0.4, 0.5) is 0 Å². The van der Waals surface area contributed by atoms with Gasteiger partial charge in [0.15, 0.2) is 0 Å². The van der Waals surface area contributed by atoms with Crippen LogP contribution in [0.1, 0.15) is 13.3 Å². The fraction of sp³-hybridized carbons (Fsp3) is 0.800. The Morgan fingerprint density at radius 1 is 1.67 bits per heavy atom. The van der Waals surface area contributed by atoms with Crippen molar-refractivity contribution >= 4 is 43.8 Å². The number of alkyl halides is 2. The minimum Gasteiger partial charge on any atom is -0.286 e. The van der Waals surface area contributed by atoms with E-state index in [0.717, 1.165) is 0 Å². The van der Waals surface area contributed by atoms with Crippen molar-refractivity contribution in [3.63, 3.8) is 0 Å². The van der Waals surface area contributed by atoms with Crippen LogP contribution < -0.4 is 0 Å².